The van der Waals surface area contributed by atoms with Crippen molar-refractivity contribution in [2.45, 2.75) is 19.8 Å². The lowest BCUT2D eigenvalue weighted by Crippen LogP contribution is -2.42. The SMILES string of the molecule is CC(=O)N1CCCC(C(=O)Nc2ccc(N(C)C)cc2)C1. The molecule has 2 amide bonds. The van der Waals surface area contributed by atoms with Gasteiger partial charge in [0, 0.05) is 45.5 Å². The molecular formula is C16H23N3O2. The van der Waals surface area contributed by atoms with Crippen LogP contribution in [0.15, 0.2) is 24.3 Å². The van der Waals surface area contributed by atoms with Crippen molar-refractivity contribution in [1.82, 2.24) is 4.90 Å². The van der Waals surface area contributed by atoms with Crippen molar-refractivity contribution < 1.29 is 9.59 Å². The van der Waals surface area contributed by atoms with Crippen LogP contribution in [-0.2, 0) is 9.59 Å². The minimum atomic E-state index is -0.115. The van der Waals surface area contributed by atoms with Crippen LogP contribution in [0.2, 0.25) is 0 Å². The van der Waals surface area contributed by atoms with E-state index in [-0.39, 0.29) is 17.7 Å². The molecule has 0 aromatic heterocycles. The first kappa shape index (κ1) is 15.4. The lowest BCUT2D eigenvalue weighted by Gasteiger charge is -2.31. The van der Waals surface area contributed by atoms with E-state index in [1.165, 1.54) is 0 Å². The van der Waals surface area contributed by atoms with Crippen molar-refractivity contribution in [1.29, 1.82) is 0 Å². The zero-order valence-electron chi connectivity index (χ0n) is 12.9. The molecule has 0 aliphatic carbocycles. The molecule has 1 unspecified atom stereocenters. The van der Waals surface area contributed by atoms with E-state index in [0.717, 1.165) is 30.8 Å². The van der Waals surface area contributed by atoms with Crippen LogP contribution in [0.4, 0.5) is 11.4 Å². The van der Waals surface area contributed by atoms with Gasteiger partial charge in [-0.2, -0.15) is 0 Å². The molecule has 1 saturated heterocycles. The van der Waals surface area contributed by atoms with E-state index in [0.29, 0.717) is 6.54 Å². The summed E-state index contributed by atoms with van der Waals surface area (Å²) in [5, 5.41) is 2.94. The Kier molecular flexibility index (Phi) is 4.83. The van der Waals surface area contributed by atoms with Gasteiger partial charge in [-0.15, -0.1) is 0 Å². The summed E-state index contributed by atoms with van der Waals surface area (Å²) in [4.78, 5) is 27.5. The number of nitrogens with zero attached hydrogens (tertiary/aromatic N) is 2. The number of piperidine rings is 1. The molecule has 2 rings (SSSR count). The Morgan fingerprint density at radius 1 is 1.24 bits per heavy atom. The van der Waals surface area contributed by atoms with Crippen molar-refractivity contribution >= 4 is 23.2 Å². The molecule has 5 heteroatoms. The van der Waals surface area contributed by atoms with E-state index >= 15 is 0 Å². The zero-order chi connectivity index (χ0) is 15.4. The highest BCUT2D eigenvalue weighted by atomic mass is 16.2. The fourth-order valence-electron chi connectivity index (χ4n) is 2.56. The quantitative estimate of drug-likeness (QED) is 0.925. The lowest BCUT2D eigenvalue weighted by atomic mass is 9.97. The van der Waals surface area contributed by atoms with Gasteiger partial charge in [-0.25, -0.2) is 0 Å². The Morgan fingerprint density at radius 3 is 2.48 bits per heavy atom. The maximum atomic E-state index is 12.3. The average molecular weight is 289 g/mol. The molecule has 0 radical (unpaired) electrons. The Labute approximate surface area is 125 Å². The summed E-state index contributed by atoms with van der Waals surface area (Å²) < 4.78 is 0. The number of carbonyl (C=O) groups is 2. The van der Waals surface area contributed by atoms with Crippen LogP contribution < -0.4 is 10.2 Å². The predicted molar refractivity (Wildman–Crippen MR) is 84.4 cm³/mol. The number of hydrogen-bond donors (Lipinski definition) is 1. The van der Waals surface area contributed by atoms with Gasteiger partial charge in [0.25, 0.3) is 0 Å². The number of amides is 2. The fourth-order valence-corrected chi connectivity index (χ4v) is 2.56. The van der Waals surface area contributed by atoms with E-state index in [4.69, 9.17) is 0 Å². The Bertz CT molecular complexity index is 511. The van der Waals surface area contributed by atoms with E-state index in [2.05, 4.69) is 5.32 Å². The van der Waals surface area contributed by atoms with Crippen LogP contribution in [0, 0.1) is 5.92 Å². The van der Waals surface area contributed by atoms with Crippen molar-refractivity contribution in [3.8, 4) is 0 Å². The van der Waals surface area contributed by atoms with E-state index in [1.807, 2.05) is 43.3 Å². The Balaban J connectivity index is 1.96. The zero-order valence-corrected chi connectivity index (χ0v) is 12.9. The molecule has 1 aromatic rings. The summed E-state index contributed by atoms with van der Waals surface area (Å²) in [6.45, 7) is 2.84. The smallest absolute Gasteiger partial charge is 0.229 e. The topological polar surface area (TPSA) is 52.7 Å². The largest absolute Gasteiger partial charge is 0.378 e. The second-order valence-corrected chi connectivity index (χ2v) is 5.73. The van der Waals surface area contributed by atoms with Gasteiger partial charge in [0.15, 0.2) is 0 Å². The number of carbonyl (C=O) groups excluding carboxylic acids is 2. The van der Waals surface area contributed by atoms with Gasteiger partial charge in [-0.1, -0.05) is 0 Å². The Hall–Kier alpha value is -2.04. The summed E-state index contributed by atoms with van der Waals surface area (Å²) in [6, 6.07) is 7.74. The van der Waals surface area contributed by atoms with E-state index in [1.54, 1.807) is 11.8 Å². The van der Waals surface area contributed by atoms with Crippen LogP contribution in [0.5, 0.6) is 0 Å². The number of rotatable bonds is 3. The molecule has 1 heterocycles. The second-order valence-electron chi connectivity index (χ2n) is 5.73. The van der Waals surface area contributed by atoms with Gasteiger partial charge in [0.1, 0.15) is 0 Å². The number of nitrogens with one attached hydrogen (secondary N) is 1. The third-order valence-corrected chi connectivity index (χ3v) is 3.89. The predicted octanol–water partition coefficient (Wildman–Crippen LogP) is 1.95. The Morgan fingerprint density at radius 2 is 1.90 bits per heavy atom. The van der Waals surface area contributed by atoms with E-state index < -0.39 is 0 Å². The highest BCUT2D eigenvalue weighted by Gasteiger charge is 2.26. The molecule has 1 aliphatic rings. The van der Waals surface area contributed by atoms with E-state index in [9.17, 15) is 9.59 Å². The molecule has 114 valence electrons. The molecule has 21 heavy (non-hydrogen) atoms. The lowest BCUT2D eigenvalue weighted by molar-refractivity contribution is -0.132. The average Bonchev–Trinajstić information content (AvgIpc) is 2.48. The van der Waals surface area contributed by atoms with Gasteiger partial charge in [-0.05, 0) is 37.1 Å². The summed E-state index contributed by atoms with van der Waals surface area (Å²) >= 11 is 0. The standard InChI is InChI=1S/C16H23N3O2/c1-12(20)19-10-4-5-13(11-19)16(21)17-14-6-8-15(9-7-14)18(2)3/h6-9,13H,4-5,10-11H2,1-3H3,(H,17,21). The molecule has 1 aromatic carbocycles. The first-order valence-corrected chi connectivity index (χ1v) is 7.31. The molecule has 0 saturated carbocycles. The number of benzene rings is 1. The molecular weight excluding hydrogens is 266 g/mol. The van der Waals surface area contributed by atoms with Crippen molar-refractivity contribution in [3.05, 3.63) is 24.3 Å². The van der Waals surface area contributed by atoms with Gasteiger partial charge in [0.2, 0.25) is 11.8 Å². The van der Waals surface area contributed by atoms with Crippen LogP contribution in [0.1, 0.15) is 19.8 Å². The summed E-state index contributed by atoms with van der Waals surface area (Å²) in [6.07, 6.45) is 1.72. The third-order valence-electron chi connectivity index (χ3n) is 3.89. The number of anilines is 2. The monoisotopic (exact) mass is 289 g/mol. The van der Waals surface area contributed by atoms with Gasteiger partial charge < -0.3 is 15.1 Å². The maximum absolute atomic E-state index is 12.3. The number of likely N-dealkylation sites (tertiary alicyclic amines) is 1. The minimum absolute atomic E-state index is 0.00134. The minimum Gasteiger partial charge on any atom is -0.378 e. The van der Waals surface area contributed by atoms with Crippen LogP contribution in [0.25, 0.3) is 0 Å². The highest BCUT2D eigenvalue weighted by Crippen LogP contribution is 2.20. The maximum Gasteiger partial charge on any atom is 0.229 e. The van der Waals surface area contributed by atoms with Gasteiger partial charge in [-0.3, -0.25) is 9.59 Å². The van der Waals surface area contributed by atoms with Crippen molar-refractivity contribution in [2.24, 2.45) is 5.92 Å². The van der Waals surface area contributed by atoms with Gasteiger partial charge >= 0.3 is 0 Å². The summed E-state index contributed by atoms with van der Waals surface area (Å²) in [7, 11) is 3.96. The molecule has 1 fully saturated rings. The summed E-state index contributed by atoms with van der Waals surface area (Å²) in [5.41, 5.74) is 1.89. The first-order valence-electron chi connectivity index (χ1n) is 7.31. The molecule has 1 aliphatic heterocycles. The normalized spacial score (nSPS) is 18.2. The molecule has 1 atom stereocenters. The summed E-state index contributed by atoms with van der Waals surface area (Å²) in [5.74, 6) is -0.0717. The highest BCUT2D eigenvalue weighted by molar-refractivity contribution is 5.93. The van der Waals surface area contributed by atoms with Crippen LogP contribution >= 0.6 is 0 Å². The molecule has 0 bridgehead atoms. The van der Waals surface area contributed by atoms with Crippen molar-refractivity contribution in [3.63, 3.8) is 0 Å². The second kappa shape index (κ2) is 6.61. The van der Waals surface area contributed by atoms with Gasteiger partial charge in [0.05, 0.1) is 5.92 Å². The van der Waals surface area contributed by atoms with Crippen molar-refractivity contribution in [2.75, 3.05) is 37.4 Å². The first-order chi connectivity index (χ1) is 9.97. The third kappa shape index (κ3) is 3.97. The molecule has 1 N–H and O–H groups in total. The molecule has 0 spiro atoms. The fraction of sp³-hybridized carbons (Fsp3) is 0.500. The molecule has 5 nitrogen and oxygen atoms in total. The van der Waals surface area contributed by atoms with Crippen LogP contribution in [-0.4, -0.2) is 43.9 Å². The van der Waals surface area contributed by atoms with Crippen LogP contribution in [0.3, 0.4) is 0 Å². The number of hydrogen-bond acceptors (Lipinski definition) is 3.